The van der Waals surface area contributed by atoms with Crippen LogP contribution in [-0.4, -0.2) is 60.5 Å². The number of hydrogen-bond donors (Lipinski definition) is 2. The molecule has 0 spiro atoms. The van der Waals surface area contributed by atoms with Crippen LogP contribution in [-0.2, 0) is 16.8 Å². The van der Waals surface area contributed by atoms with Crippen LogP contribution in [0.15, 0.2) is 57.0 Å². The van der Waals surface area contributed by atoms with Gasteiger partial charge in [0.05, 0.1) is 40.4 Å². The van der Waals surface area contributed by atoms with Crippen molar-refractivity contribution in [2.75, 3.05) is 24.5 Å². The number of aromatic amines is 1. The number of H-pyrrole nitrogens is 1. The molecule has 10 nitrogen and oxygen atoms in total. The second kappa shape index (κ2) is 9.50. The van der Waals surface area contributed by atoms with Crippen LogP contribution in [0.4, 0.5) is 10.3 Å². The zero-order valence-electron chi connectivity index (χ0n) is 21.2. The summed E-state index contributed by atoms with van der Waals surface area (Å²) in [7, 11) is -1.18. The van der Waals surface area contributed by atoms with Crippen molar-refractivity contribution in [3.8, 4) is 0 Å². The molecule has 1 aliphatic carbocycles. The van der Waals surface area contributed by atoms with E-state index >= 15 is 0 Å². The summed E-state index contributed by atoms with van der Waals surface area (Å²) in [5.41, 5.74) is 2.02. The first-order valence-electron chi connectivity index (χ1n) is 12.7. The Labute approximate surface area is 219 Å². The van der Waals surface area contributed by atoms with Crippen LogP contribution in [0.2, 0.25) is 0 Å². The van der Waals surface area contributed by atoms with Crippen molar-refractivity contribution in [3.63, 3.8) is 0 Å². The Morgan fingerprint density at radius 2 is 2.00 bits per heavy atom. The molecule has 2 aliphatic rings. The van der Waals surface area contributed by atoms with E-state index in [0.29, 0.717) is 53.4 Å². The number of carbonyl (C=O) groups excluding carboxylic acids is 1. The minimum absolute atomic E-state index is 0.123. The lowest BCUT2D eigenvalue weighted by Crippen LogP contribution is -2.38. The van der Waals surface area contributed by atoms with E-state index in [9.17, 15) is 13.4 Å². The number of amides is 1. The third kappa shape index (κ3) is 4.53. The zero-order chi connectivity index (χ0) is 26.4. The highest BCUT2D eigenvalue weighted by atomic mass is 32.2. The summed E-state index contributed by atoms with van der Waals surface area (Å²) in [4.78, 5) is 24.6. The van der Waals surface area contributed by atoms with Gasteiger partial charge >= 0.3 is 0 Å². The summed E-state index contributed by atoms with van der Waals surface area (Å²) in [5.74, 6) is 0.170. The average molecular weight is 537 g/mol. The first kappa shape index (κ1) is 24.5. The molecule has 0 bridgehead atoms. The SMILES string of the molecule is Cc1c(S(=O)(=NCC2CC2)c2ccc3[nH]ncc3c2)cc(C(=O)N[C@@H]2CCN(c3ncc(F)cn3)C2)n1C. The predicted molar refractivity (Wildman–Crippen MR) is 141 cm³/mol. The van der Waals surface area contributed by atoms with Gasteiger partial charge in [0.1, 0.15) is 15.4 Å². The molecule has 0 radical (unpaired) electrons. The van der Waals surface area contributed by atoms with Crippen LogP contribution in [0, 0.1) is 18.7 Å². The summed E-state index contributed by atoms with van der Waals surface area (Å²) in [6.45, 7) is 3.57. The van der Waals surface area contributed by atoms with Gasteiger partial charge in [0.2, 0.25) is 5.95 Å². The second-order valence-corrected chi connectivity index (χ2v) is 12.3. The van der Waals surface area contributed by atoms with Gasteiger partial charge in [-0.15, -0.1) is 0 Å². The normalized spacial score (nSPS) is 19.0. The topological polar surface area (TPSA) is 121 Å². The number of rotatable bonds is 7. The summed E-state index contributed by atoms with van der Waals surface area (Å²) in [5, 5.41) is 11.0. The van der Waals surface area contributed by atoms with Crippen LogP contribution in [0.3, 0.4) is 0 Å². The number of carbonyl (C=O) groups is 1. The van der Waals surface area contributed by atoms with Gasteiger partial charge in [-0.05, 0) is 56.4 Å². The van der Waals surface area contributed by atoms with Crippen molar-refractivity contribution in [1.29, 1.82) is 0 Å². The minimum atomic E-state index is -2.99. The Morgan fingerprint density at radius 3 is 2.76 bits per heavy atom. The monoisotopic (exact) mass is 536 g/mol. The lowest BCUT2D eigenvalue weighted by Gasteiger charge is -2.16. The van der Waals surface area contributed by atoms with Crippen LogP contribution < -0.4 is 10.2 Å². The molecule has 1 unspecified atom stereocenters. The maximum atomic E-state index is 14.7. The van der Waals surface area contributed by atoms with Gasteiger partial charge in [-0.25, -0.2) is 22.9 Å². The lowest BCUT2D eigenvalue weighted by atomic mass is 10.2. The molecule has 4 heterocycles. The zero-order valence-corrected chi connectivity index (χ0v) is 22.0. The van der Waals surface area contributed by atoms with Gasteiger partial charge in [-0.1, -0.05) is 0 Å². The first-order valence-corrected chi connectivity index (χ1v) is 14.2. The van der Waals surface area contributed by atoms with E-state index in [1.54, 1.807) is 23.9 Å². The maximum Gasteiger partial charge on any atom is 0.268 e. The Morgan fingerprint density at radius 1 is 1.21 bits per heavy atom. The standard InChI is InChI=1S/C26H29FN8O2S/c1-16-24(38(37,31-11-17-3-4-17)21-5-6-22-18(9-21)12-30-33-22)10-23(34(16)2)25(36)32-20-7-8-35(15-20)26-28-13-19(27)14-29-26/h5-6,9-10,12-14,17,20H,3-4,7-8,11,15H2,1-2H3,(H,30,33)(H,32,36)/t20-,38?/m1/s1. The Kier molecular flexibility index (Phi) is 6.13. The summed E-state index contributed by atoms with van der Waals surface area (Å²) in [6, 6.07) is 7.16. The third-order valence-corrected chi connectivity index (χ3v) is 9.79. The summed E-state index contributed by atoms with van der Waals surface area (Å²) < 4.78 is 34.4. The van der Waals surface area contributed by atoms with Crippen LogP contribution in [0.1, 0.15) is 35.4 Å². The number of nitrogens with one attached hydrogen (secondary N) is 2. The molecule has 4 aromatic rings. The van der Waals surface area contributed by atoms with Gasteiger partial charge < -0.3 is 14.8 Å². The van der Waals surface area contributed by atoms with E-state index in [0.717, 1.165) is 41.8 Å². The van der Waals surface area contributed by atoms with E-state index in [2.05, 4.69) is 25.5 Å². The largest absolute Gasteiger partial charge is 0.346 e. The smallest absolute Gasteiger partial charge is 0.268 e. The molecule has 2 fully saturated rings. The molecule has 2 atom stereocenters. The van der Waals surface area contributed by atoms with E-state index in [1.807, 2.05) is 30.0 Å². The van der Waals surface area contributed by atoms with Crippen molar-refractivity contribution >= 4 is 32.5 Å². The molecule has 1 amide bonds. The van der Waals surface area contributed by atoms with Crippen molar-refractivity contribution in [1.82, 2.24) is 30.0 Å². The average Bonchev–Trinajstić information content (AvgIpc) is 3.28. The Balaban J connectivity index is 1.28. The number of halogens is 1. The quantitative estimate of drug-likeness (QED) is 0.373. The van der Waals surface area contributed by atoms with Crippen molar-refractivity contribution in [3.05, 3.63) is 60.1 Å². The fourth-order valence-corrected chi connectivity index (χ4v) is 7.14. The molecule has 38 heavy (non-hydrogen) atoms. The van der Waals surface area contributed by atoms with Gasteiger partial charge in [0, 0.05) is 37.3 Å². The minimum Gasteiger partial charge on any atom is -0.346 e. The van der Waals surface area contributed by atoms with Crippen LogP contribution in [0.25, 0.3) is 10.9 Å². The molecule has 198 valence electrons. The van der Waals surface area contributed by atoms with E-state index in [-0.39, 0.29) is 11.9 Å². The van der Waals surface area contributed by atoms with Crippen LogP contribution >= 0.6 is 0 Å². The molecule has 12 heteroatoms. The van der Waals surface area contributed by atoms with Gasteiger partial charge in [0.15, 0.2) is 5.82 Å². The van der Waals surface area contributed by atoms with E-state index in [1.165, 1.54) is 0 Å². The fourth-order valence-electron chi connectivity index (χ4n) is 4.83. The molecular weight excluding hydrogens is 507 g/mol. The third-order valence-electron chi connectivity index (χ3n) is 7.38. The lowest BCUT2D eigenvalue weighted by molar-refractivity contribution is 0.0932. The van der Waals surface area contributed by atoms with E-state index < -0.39 is 15.5 Å². The van der Waals surface area contributed by atoms with Crippen molar-refractivity contribution in [2.24, 2.45) is 17.3 Å². The number of anilines is 1. The number of nitrogens with zero attached hydrogens (tertiary/aromatic N) is 6. The molecule has 3 aromatic heterocycles. The van der Waals surface area contributed by atoms with Gasteiger partial charge in [-0.3, -0.25) is 9.89 Å². The summed E-state index contributed by atoms with van der Waals surface area (Å²) >= 11 is 0. The maximum absolute atomic E-state index is 14.7. The number of aromatic nitrogens is 5. The molecule has 6 rings (SSSR count). The highest BCUT2D eigenvalue weighted by Crippen LogP contribution is 2.34. The second-order valence-electron chi connectivity index (χ2n) is 10.0. The summed E-state index contributed by atoms with van der Waals surface area (Å²) in [6.07, 6.45) is 6.89. The number of hydrogen-bond acceptors (Lipinski definition) is 7. The highest BCUT2D eigenvalue weighted by Gasteiger charge is 2.30. The fraction of sp³-hybridized carbons (Fsp3) is 0.385. The molecule has 1 aliphatic heterocycles. The van der Waals surface area contributed by atoms with Crippen LogP contribution in [0.5, 0.6) is 0 Å². The number of fused-ring (bicyclic) bond motifs is 1. The predicted octanol–water partition coefficient (Wildman–Crippen LogP) is 3.44. The molecule has 2 N–H and O–H groups in total. The molecular formula is C26H29FN8O2S. The molecule has 1 saturated heterocycles. The highest BCUT2D eigenvalue weighted by molar-refractivity contribution is 7.93. The molecule has 1 aromatic carbocycles. The van der Waals surface area contributed by atoms with Crippen molar-refractivity contribution in [2.45, 2.75) is 42.0 Å². The van der Waals surface area contributed by atoms with Gasteiger partial charge in [0.25, 0.3) is 5.91 Å². The van der Waals surface area contributed by atoms with E-state index in [4.69, 9.17) is 4.36 Å². The Bertz CT molecular complexity index is 1630. The first-order chi connectivity index (χ1) is 18.3. The molecule has 1 saturated carbocycles. The number of benzene rings is 1. The van der Waals surface area contributed by atoms with Crippen molar-refractivity contribution < 1.29 is 13.4 Å². The van der Waals surface area contributed by atoms with Gasteiger partial charge in [-0.2, -0.15) is 5.10 Å². The Hall–Kier alpha value is -3.80.